The van der Waals surface area contributed by atoms with Gasteiger partial charge in [-0.1, -0.05) is 12.2 Å². The van der Waals surface area contributed by atoms with Gasteiger partial charge in [0.2, 0.25) is 0 Å². The van der Waals surface area contributed by atoms with Crippen LogP contribution in [0.15, 0.2) is 12.2 Å². The van der Waals surface area contributed by atoms with Crippen LogP contribution in [0.3, 0.4) is 0 Å². The van der Waals surface area contributed by atoms with Crippen molar-refractivity contribution in [2.75, 3.05) is 0 Å². The zero-order valence-corrected chi connectivity index (χ0v) is 7.31. The summed E-state index contributed by atoms with van der Waals surface area (Å²) in [5.41, 5.74) is 0. The third-order valence-corrected chi connectivity index (χ3v) is 5.72. The number of thioether (sulfide) groups is 2. The first kappa shape index (κ1) is 6.83. The minimum absolute atomic E-state index is 0.315. The summed E-state index contributed by atoms with van der Waals surface area (Å²) in [6.45, 7) is 0. The van der Waals surface area contributed by atoms with Crippen LogP contribution >= 0.6 is 23.5 Å². The van der Waals surface area contributed by atoms with E-state index in [1.54, 1.807) is 11.8 Å². The molecule has 0 amide bonds. The van der Waals surface area contributed by atoms with E-state index < -0.39 is 6.29 Å². The Morgan fingerprint density at radius 2 is 2.27 bits per heavy atom. The molecule has 0 bridgehead atoms. The Hall–Kier alpha value is 0.360. The van der Waals surface area contributed by atoms with Gasteiger partial charge < -0.3 is 10.2 Å². The highest BCUT2D eigenvalue weighted by molar-refractivity contribution is 8.13. The molecule has 1 aliphatic carbocycles. The largest absolute Gasteiger partial charge is 0.367 e. The summed E-state index contributed by atoms with van der Waals surface area (Å²) in [5.74, 6) is 0. The van der Waals surface area contributed by atoms with E-state index in [-0.39, 0.29) is 4.75 Å². The van der Waals surface area contributed by atoms with Crippen LogP contribution in [0.1, 0.15) is 0 Å². The van der Waals surface area contributed by atoms with E-state index in [0.29, 0.717) is 15.7 Å². The van der Waals surface area contributed by atoms with Crippen LogP contribution < -0.4 is 0 Å². The molecule has 60 valence electrons. The number of aliphatic hydroxyl groups excluding tert-OH is 1. The topological polar surface area (TPSA) is 40.5 Å². The van der Waals surface area contributed by atoms with Crippen LogP contribution in [0.5, 0.6) is 0 Å². The van der Waals surface area contributed by atoms with Crippen molar-refractivity contribution in [2.24, 2.45) is 0 Å². The fraction of sp³-hybridized carbons (Fsp3) is 0.714. The molecule has 0 radical (unpaired) electrons. The van der Waals surface area contributed by atoms with Crippen LogP contribution in [0.25, 0.3) is 0 Å². The molecule has 2 saturated heterocycles. The number of rotatable bonds is 1. The van der Waals surface area contributed by atoms with E-state index in [9.17, 15) is 0 Å². The second kappa shape index (κ2) is 1.82. The monoisotopic (exact) mass is 188 g/mol. The molecule has 4 heteroatoms. The zero-order valence-electron chi connectivity index (χ0n) is 5.68. The first-order valence-electron chi connectivity index (χ1n) is 3.63. The molecule has 2 aliphatic heterocycles. The second-order valence-corrected chi connectivity index (χ2v) is 6.00. The maximum atomic E-state index is 9.09. The molecule has 11 heavy (non-hydrogen) atoms. The van der Waals surface area contributed by atoms with Crippen LogP contribution in [-0.4, -0.2) is 37.0 Å². The summed E-state index contributed by atoms with van der Waals surface area (Å²) in [5, 5.41) is 20.0. The molecule has 4 unspecified atom stereocenters. The van der Waals surface area contributed by atoms with Crippen molar-refractivity contribution in [3.63, 3.8) is 0 Å². The Morgan fingerprint density at radius 1 is 1.45 bits per heavy atom. The Kier molecular flexibility index (Phi) is 1.13. The van der Waals surface area contributed by atoms with Gasteiger partial charge in [0.25, 0.3) is 0 Å². The highest BCUT2D eigenvalue weighted by atomic mass is 32.2. The first-order valence-corrected chi connectivity index (χ1v) is 5.45. The fourth-order valence-electron chi connectivity index (χ4n) is 1.72. The lowest BCUT2D eigenvalue weighted by atomic mass is 9.96. The first-order chi connectivity index (χ1) is 5.24. The van der Waals surface area contributed by atoms with Crippen molar-refractivity contribution in [3.8, 4) is 0 Å². The van der Waals surface area contributed by atoms with Crippen LogP contribution in [-0.2, 0) is 0 Å². The molecule has 0 aromatic heterocycles. The predicted molar refractivity (Wildman–Crippen MR) is 46.6 cm³/mol. The molecular formula is C7H8O2S2. The van der Waals surface area contributed by atoms with Gasteiger partial charge in [0.05, 0.1) is 4.75 Å². The fourth-order valence-corrected chi connectivity index (χ4v) is 4.62. The highest BCUT2D eigenvalue weighted by Crippen LogP contribution is 2.69. The van der Waals surface area contributed by atoms with E-state index in [4.69, 9.17) is 10.2 Å². The third kappa shape index (κ3) is 0.736. The minimum Gasteiger partial charge on any atom is -0.367 e. The third-order valence-electron chi connectivity index (χ3n) is 2.53. The smallest absolute Gasteiger partial charge is 0.171 e. The lowest BCUT2D eigenvalue weighted by Gasteiger charge is -2.14. The summed E-state index contributed by atoms with van der Waals surface area (Å²) in [4.78, 5) is 0. The SMILES string of the molecule is OC(O)C12C=CC3SC3C1S2. The Bertz CT molecular complexity index is 241. The van der Waals surface area contributed by atoms with Gasteiger partial charge in [-0.3, -0.25) is 0 Å². The molecule has 2 nitrogen and oxygen atoms in total. The van der Waals surface area contributed by atoms with Crippen molar-refractivity contribution in [1.82, 2.24) is 0 Å². The zero-order chi connectivity index (χ0) is 7.64. The second-order valence-electron chi connectivity index (χ2n) is 3.19. The molecular weight excluding hydrogens is 180 g/mol. The van der Waals surface area contributed by atoms with Gasteiger partial charge in [-0.15, -0.1) is 23.5 Å². The van der Waals surface area contributed by atoms with Gasteiger partial charge >= 0.3 is 0 Å². The quantitative estimate of drug-likeness (QED) is 0.350. The average molecular weight is 188 g/mol. The number of fused-ring (bicyclic) bond motifs is 3. The molecule has 0 spiro atoms. The molecule has 4 atom stereocenters. The average Bonchev–Trinajstić information content (AvgIpc) is 2.81. The normalized spacial score (nSPS) is 57.2. The summed E-state index contributed by atoms with van der Waals surface area (Å²) >= 11 is 3.63. The van der Waals surface area contributed by atoms with Gasteiger partial charge in [-0.25, -0.2) is 0 Å². The van der Waals surface area contributed by atoms with Crippen molar-refractivity contribution in [3.05, 3.63) is 12.2 Å². The maximum absolute atomic E-state index is 9.09. The van der Waals surface area contributed by atoms with E-state index in [2.05, 4.69) is 6.08 Å². The van der Waals surface area contributed by atoms with E-state index in [1.807, 2.05) is 17.8 Å². The van der Waals surface area contributed by atoms with Crippen LogP contribution in [0.4, 0.5) is 0 Å². The molecule has 3 aliphatic rings. The standard InChI is InChI=1S/C7H8O2S2/c8-6(9)7-2-1-3-4(10-3)5(7)11-7/h1-6,8-9H. The van der Waals surface area contributed by atoms with Crippen molar-refractivity contribution in [1.29, 1.82) is 0 Å². The molecule has 2 heterocycles. The van der Waals surface area contributed by atoms with E-state index in [0.717, 1.165) is 0 Å². The highest BCUT2D eigenvalue weighted by Gasteiger charge is 2.69. The van der Waals surface area contributed by atoms with Gasteiger partial charge in [-0.2, -0.15) is 0 Å². The summed E-state index contributed by atoms with van der Waals surface area (Å²) in [6, 6.07) is 0. The van der Waals surface area contributed by atoms with Crippen LogP contribution in [0, 0.1) is 0 Å². The van der Waals surface area contributed by atoms with E-state index in [1.165, 1.54) is 0 Å². The van der Waals surface area contributed by atoms with E-state index >= 15 is 0 Å². The van der Waals surface area contributed by atoms with Crippen LogP contribution in [0.2, 0.25) is 0 Å². The summed E-state index contributed by atoms with van der Waals surface area (Å²) in [6.07, 6.45) is 2.93. The molecule has 3 rings (SSSR count). The van der Waals surface area contributed by atoms with Crippen molar-refractivity contribution in [2.45, 2.75) is 26.8 Å². The molecule has 2 fully saturated rings. The number of hydrogen-bond donors (Lipinski definition) is 2. The van der Waals surface area contributed by atoms with Crippen molar-refractivity contribution < 1.29 is 10.2 Å². The Labute approximate surface area is 73.1 Å². The number of hydrogen-bond acceptors (Lipinski definition) is 4. The maximum Gasteiger partial charge on any atom is 0.171 e. The van der Waals surface area contributed by atoms with Gasteiger partial charge in [0, 0.05) is 15.7 Å². The predicted octanol–water partition coefficient (Wildman–Crippen LogP) is 0.205. The lowest BCUT2D eigenvalue weighted by Crippen LogP contribution is -2.32. The lowest BCUT2D eigenvalue weighted by molar-refractivity contribution is -0.0503. The Morgan fingerprint density at radius 3 is 3.00 bits per heavy atom. The Balaban J connectivity index is 1.94. The summed E-state index contributed by atoms with van der Waals surface area (Å²) in [7, 11) is 0. The van der Waals surface area contributed by atoms with Gasteiger partial charge in [-0.05, 0) is 0 Å². The molecule has 0 saturated carbocycles. The molecule has 0 aromatic carbocycles. The van der Waals surface area contributed by atoms with Crippen molar-refractivity contribution >= 4 is 23.5 Å². The number of aliphatic hydroxyl groups is 2. The van der Waals surface area contributed by atoms with Gasteiger partial charge in [0.1, 0.15) is 0 Å². The minimum atomic E-state index is -1.17. The molecule has 2 N–H and O–H groups in total. The molecule has 0 aromatic rings. The summed E-state index contributed by atoms with van der Waals surface area (Å²) < 4.78 is -0.315. The van der Waals surface area contributed by atoms with Gasteiger partial charge in [0.15, 0.2) is 6.29 Å².